The maximum atomic E-state index is 12.0. The molecule has 0 unspecified atom stereocenters. The lowest BCUT2D eigenvalue weighted by Crippen LogP contribution is -2.16. The van der Waals surface area contributed by atoms with Gasteiger partial charge in [0.05, 0.1) is 5.75 Å². The van der Waals surface area contributed by atoms with Crippen LogP contribution in [-0.4, -0.2) is 25.2 Å². The number of nitrogens with one attached hydrogen (secondary N) is 1. The van der Waals surface area contributed by atoms with Gasteiger partial charge in [0.2, 0.25) is 10.0 Å². The summed E-state index contributed by atoms with van der Waals surface area (Å²) in [5, 5.41) is 9.10. The Morgan fingerprint density at radius 1 is 0.926 bits per heavy atom. The van der Waals surface area contributed by atoms with E-state index < -0.39 is 16.0 Å². The zero-order valence-electron chi connectivity index (χ0n) is 15.7. The number of sulfonamides is 1. The van der Waals surface area contributed by atoms with Crippen LogP contribution >= 0.6 is 11.6 Å². The molecule has 0 atom stereocenters. The van der Waals surface area contributed by atoms with Crippen LogP contribution in [0.25, 0.3) is 0 Å². The molecule has 27 heavy (non-hydrogen) atoms. The Morgan fingerprint density at radius 3 is 2.11 bits per heavy atom. The number of halogens is 1. The van der Waals surface area contributed by atoms with Crippen molar-refractivity contribution in [3.8, 4) is 0 Å². The van der Waals surface area contributed by atoms with Crippen LogP contribution in [0.4, 0.5) is 5.69 Å². The van der Waals surface area contributed by atoms with E-state index in [0.29, 0.717) is 23.6 Å². The topological polar surface area (TPSA) is 83.5 Å². The number of rotatable bonds is 15. The molecule has 0 aliphatic carbocycles. The summed E-state index contributed by atoms with van der Waals surface area (Å²) in [6.07, 6.45) is 12.9. The van der Waals surface area contributed by atoms with E-state index in [1.165, 1.54) is 0 Å². The molecule has 0 aliphatic heterocycles. The van der Waals surface area contributed by atoms with E-state index in [9.17, 15) is 13.2 Å². The van der Waals surface area contributed by atoms with Crippen LogP contribution in [0.2, 0.25) is 5.02 Å². The number of carbonyl (C=O) groups is 1. The second kappa shape index (κ2) is 13.6. The largest absolute Gasteiger partial charge is 0.481 e. The molecule has 0 aromatic heterocycles. The summed E-state index contributed by atoms with van der Waals surface area (Å²) in [5.41, 5.74) is 0.537. The summed E-state index contributed by atoms with van der Waals surface area (Å²) >= 11 is 5.78. The van der Waals surface area contributed by atoms with Crippen molar-refractivity contribution < 1.29 is 18.3 Å². The summed E-state index contributed by atoms with van der Waals surface area (Å²) < 4.78 is 26.6. The van der Waals surface area contributed by atoms with Gasteiger partial charge in [0.1, 0.15) is 0 Å². The van der Waals surface area contributed by atoms with Crippen molar-refractivity contribution >= 4 is 33.3 Å². The quantitative estimate of drug-likeness (QED) is 0.287. The number of anilines is 1. The van der Waals surface area contributed by atoms with Gasteiger partial charge in [-0.15, -0.1) is 0 Å². The first-order valence-electron chi connectivity index (χ1n) is 9.52. The molecule has 0 saturated carbocycles. The molecular weight excluding hydrogens is 386 g/mol. The monoisotopic (exact) mass is 415 g/mol. The smallest absolute Gasteiger partial charge is 0.303 e. The Labute approximate surface area is 167 Å². The number of allylic oxidation sites excluding steroid dienone is 2. The van der Waals surface area contributed by atoms with Crippen LogP contribution in [-0.2, 0) is 14.8 Å². The summed E-state index contributed by atoms with van der Waals surface area (Å²) in [6.45, 7) is 0. The average molecular weight is 416 g/mol. The third-order valence-corrected chi connectivity index (χ3v) is 5.70. The molecule has 5 nitrogen and oxygen atoms in total. The summed E-state index contributed by atoms with van der Waals surface area (Å²) in [7, 11) is -3.30. The van der Waals surface area contributed by atoms with Crippen molar-refractivity contribution in [2.45, 2.75) is 64.2 Å². The highest BCUT2D eigenvalue weighted by Gasteiger charge is 2.09. The number of hydrogen-bond acceptors (Lipinski definition) is 3. The lowest BCUT2D eigenvalue weighted by molar-refractivity contribution is -0.137. The first-order valence-corrected chi connectivity index (χ1v) is 11.5. The van der Waals surface area contributed by atoms with Crippen LogP contribution < -0.4 is 4.72 Å². The second-order valence-electron chi connectivity index (χ2n) is 6.60. The molecule has 7 heteroatoms. The minimum atomic E-state index is -3.30. The Bertz CT molecular complexity index is 672. The van der Waals surface area contributed by atoms with Gasteiger partial charge >= 0.3 is 5.97 Å². The molecule has 0 bridgehead atoms. The fourth-order valence-electron chi connectivity index (χ4n) is 2.62. The van der Waals surface area contributed by atoms with E-state index in [-0.39, 0.29) is 12.2 Å². The van der Waals surface area contributed by atoms with Crippen molar-refractivity contribution in [3.63, 3.8) is 0 Å². The van der Waals surface area contributed by atoms with Gasteiger partial charge < -0.3 is 5.11 Å². The van der Waals surface area contributed by atoms with Gasteiger partial charge in [0, 0.05) is 17.1 Å². The second-order valence-corrected chi connectivity index (χ2v) is 8.87. The summed E-state index contributed by atoms with van der Waals surface area (Å²) in [5.74, 6) is -0.605. The number of carboxylic acids is 1. The highest BCUT2D eigenvalue weighted by Crippen LogP contribution is 2.15. The third kappa shape index (κ3) is 13.3. The molecule has 1 aromatic rings. The van der Waals surface area contributed by atoms with E-state index in [0.717, 1.165) is 44.9 Å². The summed E-state index contributed by atoms with van der Waals surface area (Å²) in [6, 6.07) is 6.62. The average Bonchev–Trinajstić information content (AvgIpc) is 2.60. The van der Waals surface area contributed by atoms with E-state index in [1.54, 1.807) is 24.3 Å². The lowest BCUT2D eigenvalue weighted by Gasteiger charge is -2.08. The molecule has 0 fully saturated rings. The van der Waals surface area contributed by atoms with Gasteiger partial charge in [0.25, 0.3) is 0 Å². The lowest BCUT2D eigenvalue weighted by atomic mass is 10.1. The number of carboxylic acid groups (broad SMARTS) is 1. The predicted octanol–water partition coefficient (Wildman–Crippen LogP) is 5.62. The number of hydrogen-bond donors (Lipinski definition) is 2. The van der Waals surface area contributed by atoms with Gasteiger partial charge in [-0.25, -0.2) is 8.42 Å². The Balaban J connectivity index is 1.99. The predicted molar refractivity (Wildman–Crippen MR) is 112 cm³/mol. The molecule has 0 radical (unpaired) electrons. The molecule has 0 saturated heterocycles. The first-order chi connectivity index (χ1) is 12.9. The van der Waals surface area contributed by atoms with Gasteiger partial charge in [-0.1, -0.05) is 49.4 Å². The highest BCUT2D eigenvalue weighted by molar-refractivity contribution is 7.92. The van der Waals surface area contributed by atoms with Crippen molar-refractivity contribution in [1.29, 1.82) is 0 Å². The van der Waals surface area contributed by atoms with E-state index in [2.05, 4.69) is 16.9 Å². The fourth-order valence-corrected chi connectivity index (χ4v) is 3.92. The molecule has 1 rings (SSSR count). The van der Waals surface area contributed by atoms with Crippen LogP contribution in [0.1, 0.15) is 64.2 Å². The minimum absolute atomic E-state index is 0.134. The number of aliphatic carboxylic acids is 1. The summed E-state index contributed by atoms with van der Waals surface area (Å²) in [4.78, 5) is 10.4. The van der Waals surface area contributed by atoms with Gasteiger partial charge in [0.15, 0.2) is 0 Å². The van der Waals surface area contributed by atoms with Gasteiger partial charge in [-0.2, -0.15) is 0 Å². The van der Waals surface area contributed by atoms with Crippen molar-refractivity contribution in [3.05, 3.63) is 41.4 Å². The van der Waals surface area contributed by atoms with Gasteiger partial charge in [-0.05, 0) is 56.4 Å². The van der Waals surface area contributed by atoms with Crippen LogP contribution in [0.5, 0.6) is 0 Å². The zero-order chi connectivity index (χ0) is 20.0. The van der Waals surface area contributed by atoms with Crippen LogP contribution in [0.3, 0.4) is 0 Å². The molecule has 0 heterocycles. The van der Waals surface area contributed by atoms with Crippen LogP contribution in [0.15, 0.2) is 36.4 Å². The first kappa shape index (κ1) is 23.5. The zero-order valence-corrected chi connectivity index (χ0v) is 17.3. The third-order valence-electron chi connectivity index (χ3n) is 4.08. The van der Waals surface area contributed by atoms with Crippen LogP contribution in [0, 0.1) is 0 Å². The number of benzene rings is 1. The molecule has 0 spiro atoms. The van der Waals surface area contributed by atoms with E-state index >= 15 is 0 Å². The van der Waals surface area contributed by atoms with E-state index in [4.69, 9.17) is 16.7 Å². The highest BCUT2D eigenvalue weighted by atomic mass is 35.5. The standard InChI is InChI=1S/C20H30ClNO4S/c21-18-13-15-19(16-14-18)22-27(25,26)17-11-9-7-5-3-1-2-4-6-8-10-12-20(23)24/h4,6,13-16,22H,1-3,5,7-12,17H2,(H,23,24)/b6-4-. The molecule has 0 amide bonds. The SMILES string of the molecule is O=C(O)CCC/C=C\CCCCCCCCS(=O)(=O)Nc1ccc(Cl)cc1. The number of unbranched alkanes of at least 4 members (excludes halogenated alkanes) is 7. The van der Waals surface area contributed by atoms with Crippen molar-refractivity contribution in [2.24, 2.45) is 0 Å². The van der Waals surface area contributed by atoms with E-state index in [1.807, 2.05) is 0 Å². The Morgan fingerprint density at radius 2 is 1.48 bits per heavy atom. The van der Waals surface area contributed by atoms with Crippen molar-refractivity contribution in [2.75, 3.05) is 10.5 Å². The molecule has 1 aromatic carbocycles. The molecular formula is C20H30ClNO4S. The molecule has 152 valence electrons. The maximum absolute atomic E-state index is 12.0. The minimum Gasteiger partial charge on any atom is -0.481 e. The van der Waals surface area contributed by atoms with Gasteiger partial charge in [-0.3, -0.25) is 9.52 Å². The molecule has 0 aliphatic rings. The Kier molecular flexibility index (Phi) is 11.9. The molecule has 2 N–H and O–H groups in total. The fraction of sp³-hybridized carbons (Fsp3) is 0.550. The van der Waals surface area contributed by atoms with Crippen molar-refractivity contribution in [1.82, 2.24) is 0 Å². The Hall–Kier alpha value is -1.53. The normalized spacial score (nSPS) is 11.7. The maximum Gasteiger partial charge on any atom is 0.303 e.